The SMILES string of the molecule is CCCCCCCCC(CCOC)C(OC(C)C)(OC(C)C)OC(C)C. The molecule has 4 heteroatoms. The predicted octanol–water partition coefficient (Wildman–Crippen LogP) is 6.32. The Morgan fingerprint density at radius 2 is 1.12 bits per heavy atom. The van der Waals surface area contributed by atoms with Gasteiger partial charge in [-0.25, -0.2) is 0 Å². The molecule has 0 aliphatic carbocycles. The fourth-order valence-electron chi connectivity index (χ4n) is 3.29. The van der Waals surface area contributed by atoms with Gasteiger partial charge in [-0.2, -0.15) is 0 Å². The highest BCUT2D eigenvalue weighted by molar-refractivity contribution is 4.75. The minimum atomic E-state index is -1.00. The molecule has 0 aromatic rings. The lowest BCUT2D eigenvalue weighted by atomic mass is 9.94. The first-order valence-electron chi connectivity index (χ1n) is 10.8. The van der Waals surface area contributed by atoms with Crippen molar-refractivity contribution in [3.8, 4) is 0 Å². The van der Waals surface area contributed by atoms with E-state index in [1.807, 2.05) is 41.5 Å². The number of unbranched alkanes of at least 4 members (excludes halogenated alkanes) is 5. The Balaban J connectivity index is 5.19. The molecule has 0 fully saturated rings. The minimum Gasteiger partial charge on any atom is -0.385 e. The van der Waals surface area contributed by atoms with Gasteiger partial charge < -0.3 is 18.9 Å². The molecule has 0 aromatic carbocycles. The summed E-state index contributed by atoms with van der Waals surface area (Å²) in [5, 5.41) is 0. The fraction of sp³-hybridized carbons (Fsp3) is 1.00. The standard InChI is InChI=1S/C22H46O4/c1-9-10-11-12-13-14-15-21(16-17-23-8)22(24-18(2)3,25-19(4)5)26-20(6)7/h18-21H,9-17H2,1-8H3. The Morgan fingerprint density at radius 1 is 0.654 bits per heavy atom. The van der Waals surface area contributed by atoms with Crippen LogP contribution in [0.25, 0.3) is 0 Å². The summed E-state index contributed by atoms with van der Waals surface area (Å²) in [4.78, 5) is 0. The average Bonchev–Trinajstić information content (AvgIpc) is 2.51. The third-order valence-corrected chi connectivity index (χ3v) is 4.28. The molecule has 0 radical (unpaired) electrons. The summed E-state index contributed by atoms with van der Waals surface area (Å²) in [6.45, 7) is 15.2. The van der Waals surface area contributed by atoms with E-state index in [-0.39, 0.29) is 24.2 Å². The van der Waals surface area contributed by atoms with Crippen LogP contribution >= 0.6 is 0 Å². The zero-order valence-electron chi connectivity index (χ0n) is 18.8. The third kappa shape index (κ3) is 11.5. The van der Waals surface area contributed by atoms with Crippen LogP contribution in [-0.4, -0.2) is 38.0 Å². The highest BCUT2D eigenvalue weighted by Crippen LogP contribution is 2.36. The van der Waals surface area contributed by atoms with Gasteiger partial charge in [0, 0.05) is 19.6 Å². The largest absolute Gasteiger partial charge is 0.385 e. The van der Waals surface area contributed by atoms with Gasteiger partial charge in [-0.3, -0.25) is 0 Å². The quantitative estimate of drug-likeness (QED) is 0.220. The van der Waals surface area contributed by atoms with Gasteiger partial charge in [-0.15, -0.1) is 0 Å². The lowest BCUT2D eigenvalue weighted by molar-refractivity contribution is -0.433. The summed E-state index contributed by atoms with van der Waals surface area (Å²) in [6, 6.07) is 0. The lowest BCUT2D eigenvalue weighted by Gasteiger charge is -2.43. The van der Waals surface area contributed by atoms with Crippen molar-refractivity contribution < 1.29 is 18.9 Å². The van der Waals surface area contributed by atoms with Crippen molar-refractivity contribution in [3.63, 3.8) is 0 Å². The smallest absolute Gasteiger partial charge is 0.286 e. The molecule has 0 rings (SSSR count). The van der Waals surface area contributed by atoms with Crippen molar-refractivity contribution in [2.24, 2.45) is 5.92 Å². The van der Waals surface area contributed by atoms with Crippen LogP contribution in [-0.2, 0) is 18.9 Å². The molecule has 158 valence electrons. The topological polar surface area (TPSA) is 36.9 Å². The molecule has 0 amide bonds. The minimum absolute atomic E-state index is 0.0297. The van der Waals surface area contributed by atoms with Gasteiger partial charge in [-0.05, 0) is 54.4 Å². The first-order valence-corrected chi connectivity index (χ1v) is 10.8. The monoisotopic (exact) mass is 374 g/mol. The molecular formula is C22H46O4. The van der Waals surface area contributed by atoms with Crippen LogP contribution in [0.15, 0.2) is 0 Å². The van der Waals surface area contributed by atoms with Gasteiger partial charge in [-0.1, -0.05) is 45.4 Å². The van der Waals surface area contributed by atoms with Crippen LogP contribution in [0.1, 0.15) is 99.8 Å². The molecule has 26 heavy (non-hydrogen) atoms. The van der Waals surface area contributed by atoms with E-state index in [0.717, 1.165) is 12.8 Å². The van der Waals surface area contributed by atoms with Crippen molar-refractivity contribution in [2.75, 3.05) is 13.7 Å². The van der Waals surface area contributed by atoms with E-state index in [9.17, 15) is 0 Å². The van der Waals surface area contributed by atoms with Crippen molar-refractivity contribution >= 4 is 0 Å². The number of ether oxygens (including phenoxy) is 4. The molecule has 0 saturated heterocycles. The Hall–Kier alpha value is -0.160. The molecule has 0 saturated carbocycles. The van der Waals surface area contributed by atoms with E-state index >= 15 is 0 Å². The van der Waals surface area contributed by atoms with Crippen LogP contribution in [0.5, 0.6) is 0 Å². The summed E-state index contributed by atoms with van der Waals surface area (Å²) < 4.78 is 24.3. The number of methoxy groups -OCH3 is 1. The van der Waals surface area contributed by atoms with Crippen LogP contribution in [0.3, 0.4) is 0 Å². The first kappa shape index (κ1) is 25.8. The summed E-state index contributed by atoms with van der Waals surface area (Å²) in [7, 11) is 1.75. The van der Waals surface area contributed by atoms with Crippen LogP contribution in [0.2, 0.25) is 0 Å². The Kier molecular flexibility index (Phi) is 14.8. The molecule has 0 aliphatic heterocycles. The number of hydrogen-bond donors (Lipinski definition) is 0. The highest BCUT2D eigenvalue weighted by Gasteiger charge is 2.44. The first-order chi connectivity index (χ1) is 12.3. The summed E-state index contributed by atoms with van der Waals surface area (Å²) in [6.07, 6.45) is 9.67. The van der Waals surface area contributed by atoms with Crippen molar-refractivity contribution in [3.05, 3.63) is 0 Å². The molecule has 0 heterocycles. The van der Waals surface area contributed by atoms with E-state index in [0.29, 0.717) is 6.61 Å². The van der Waals surface area contributed by atoms with Crippen molar-refractivity contribution in [1.29, 1.82) is 0 Å². The van der Waals surface area contributed by atoms with Crippen LogP contribution in [0.4, 0.5) is 0 Å². The lowest BCUT2D eigenvalue weighted by Crippen LogP contribution is -2.51. The molecule has 0 bridgehead atoms. The number of rotatable bonds is 17. The van der Waals surface area contributed by atoms with Crippen molar-refractivity contribution in [2.45, 2.75) is 124 Å². The summed E-state index contributed by atoms with van der Waals surface area (Å²) >= 11 is 0. The highest BCUT2D eigenvalue weighted by atomic mass is 16.9. The van der Waals surface area contributed by atoms with Crippen molar-refractivity contribution in [1.82, 2.24) is 0 Å². The maximum Gasteiger partial charge on any atom is 0.286 e. The molecule has 0 aliphatic rings. The molecule has 1 atom stereocenters. The van der Waals surface area contributed by atoms with Gasteiger partial charge >= 0.3 is 0 Å². The fourth-order valence-corrected chi connectivity index (χ4v) is 3.29. The van der Waals surface area contributed by atoms with Gasteiger partial charge in [0.2, 0.25) is 0 Å². The Labute approximate surface area is 163 Å². The van der Waals surface area contributed by atoms with Gasteiger partial charge in [0.25, 0.3) is 5.97 Å². The predicted molar refractivity (Wildman–Crippen MR) is 109 cm³/mol. The van der Waals surface area contributed by atoms with Gasteiger partial charge in [0.05, 0.1) is 18.3 Å². The van der Waals surface area contributed by atoms with Crippen LogP contribution < -0.4 is 0 Å². The zero-order chi connectivity index (χ0) is 20.0. The van der Waals surface area contributed by atoms with E-state index in [1.54, 1.807) is 7.11 Å². The van der Waals surface area contributed by atoms with E-state index in [1.165, 1.54) is 38.5 Å². The summed E-state index contributed by atoms with van der Waals surface area (Å²) in [5.41, 5.74) is 0. The molecule has 1 unspecified atom stereocenters. The van der Waals surface area contributed by atoms with Gasteiger partial charge in [0.15, 0.2) is 0 Å². The van der Waals surface area contributed by atoms with Crippen LogP contribution in [0, 0.1) is 5.92 Å². The normalized spacial score (nSPS) is 14.0. The second-order valence-electron chi connectivity index (χ2n) is 8.14. The molecule has 4 nitrogen and oxygen atoms in total. The maximum atomic E-state index is 6.31. The molecule has 0 aromatic heterocycles. The zero-order valence-corrected chi connectivity index (χ0v) is 18.8. The number of hydrogen-bond acceptors (Lipinski definition) is 4. The van der Waals surface area contributed by atoms with Gasteiger partial charge in [0.1, 0.15) is 0 Å². The second kappa shape index (κ2) is 14.8. The second-order valence-corrected chi connectivity index (χ2v) is 8.14. The maximum absolute atomic E-state index is 6.31. The van der Waals surface area contributed by atoms with E-state index in [4.69, 9.17) is 18.9 Å². The van der Waals surface area contributed by atoms with E-state index < -0.39 is 5.97 Å². The van der Waals surface area contributed by atoms with E-state index in [2.05, 4.69) is 6.92 Å². The molecule has 0 N–H and O–H groups in total. The summed E-state index contributed by atoms with van der Waals surface area (Å²) in [5.74, 6) is -0.848. The molecular weight excluding hydrogens is 328 g/mol. The molecule has 0 spiro atoms. The Bertz CT molecular complexity index is 289. The third-order valence-electron chi connectivity index (χ3n) is 4.28. The average molecular weight is 375 g/mol. The Morgan fingerprint density at radius 3 is 1.54 bits per heavy atom.